The maximum absolute atomic E-state index is 7.26. The molecule has 0 saturated carbocycles. The summed E-state index contributed by atoms with van der Waals surface area (Å²) in [5, 5.41) is 11.9. The summed E-state index contributed by atoms with van der Waals surface area (Å²) in [4.78, 5) is 2.35. The van der Waals surface area contributed by atoms with Gasteiger partial charge < -0.3 is 18.5 Å². The highest BCUT2D eigenvalue weighted by Gasteiger charge is 2.24. The Labute approximate surface area is 555 Å². The first kappa shape index (κ1) is 54.9. The molecule has 4 nitrogen and oxygen atoms in total. The molecule has 0 aliphatic carbocycles. The van der Waals surface area contributed by atoms with E-state index in [0.717, 1.165) is 89.3 Å². The van der Waals surface area contributed by atoms with Gasteiger partial charge in [-0.1, -0.05) is 255 Å². The third kappa shape index (κ3) is 9.06. The van der Waals surface area contributed by atoms with Gasteiger partial charge in [-0.05, 0) is 186 Å². The molecule has 0 unspecified atom stereocenters. The van der Waals surface area contributed by atoms with Crippen molar-refractivity contribution in [3.8, 4) is 78.1 Å². The molecule has 0 spiro atoms. The van der Waals surface area contributed by atoms with Crippen molar-refractivity contribution in [1.82, 2.24) is 9.13 Å². The summed E-state index contributed by atoms with van der Waals surface area (Å²) < 4.78 is 12.0. The molecule has 0 saturated heterocycles. The molecule has 0 radical (unpaired) electrons. The van der Waals surface area contributed by atoms with Gasteiger partial charge in [-0.2, -0.15) is 0 Å². The average molecular weight is 1220 g/mol. The zero-order valence-electron chi connectivity index (χ0n) is 52.3. The van der Waals surface area contributed by atoms with E-state index in [1.54, 1.807) is 0 Å². The third-order valence-electron chi connectivity index (χ3n) is 19.7. The van der Waals surface area contributed by atoms with Gasteiger partial charge in [0.15, 0.2) is 5.58 Å². The summed E-state index contributed by atoms with van der Waals surface area (Å²) in [6, 6.07) is 131. The van der Waals surface area contributed by atoms with Crippen LogP contribution in [0.1, 0.15) is 0 Å². The molecule has 448 valence electrons. The van der Waals surface area contributed by atoms with Gasteiger partial charge in [-0.25, -0.2) is 0 Å². The normalized spacial score (nSPS) is 11.8. The van der Waals surface area contributed by atoms with E-state index in [4.69, 9.17) is 4.42 Å². The molecule has 96 heavy (non-hydrogen) atoms. The zero-order chi connectivity index (χ0) is 63.2. The fourth-order valence-electron chi connectivity index (χ4n) is 15.2. The van der Waals surface area contributed by atoms with E-state index < -0.39 is 0 Å². The van der Waals surface area contributed by atoms with Crippen LogP contribution in [0.25, 0.3) is 165 Å². The van der Waals surface area contributed by atoms with Crippen molar-refractivity contribution in [3.05, 3.63) is 358 Å². The Morgan fingerprint density at radius 1 is 0.219 bits per heavy atom. The molecule has 0 aliphatic heterocycles. The molecule has 0 aliphatic rings. The fraction of sp³-hybridized carbons (Fsp3) is 0. The molecule has 0 N–H and O–H groups in total. The third-order valence-corrected chi connectivity index (χ3v) is 19.7. The molecule has 0 bridgehead atoms. The first-order valence-corrected chi connectivity index (χ1v) is 33.0. The number of hydrogen-bond acceptors (Lipinski definition) is 2. The summed E-state index contributed by atoms with van der Waals surface area (Å²) in [5.41, 5.74) is 25.6. The van der Waals surface area contributed by atoms with E-state index in [-0.39, 0.29) is 0 Å². The van der Waals surface area contributed by atoms with Gasteiger partial charge in [-0.15, -0.1) is 0 Å². The van der Waals surface area contributed by atoms with Crippen molar-refractivity contribution < 1.29 is 4.42 Å². The first-order valence-electron chi connectivity index (χ1n) is 33.0. The highest BCUT2D eigenvalue weighted by Crippen LogP contribution is 2.48. The van der Waals surface area contributed by atoms with Crippen LogP contribution < -0.4 is 4.90 Å². The molecular formula is C92H59N3O. The molecule has 4 heteroatoms. The number of hydrogen-bond donors (Lipinski definition) is 0. The van der Waals surface area contributed by atoms with Crippen molar-refractivity contribution in [3.63, 3.8) is 0 Å². The van der Waals surface area contributed by atoms with E-state index in [0.29, 0.717) is 0 Å². The number of anilines is 3. The zero-order valence-corrected chi connectivity index (χ0v) is 52.3. The first-order chi connectivity index (χ1) is 47.6. The molecule has 0 atom stereocenters. The van der Waals surface area contributed by atoms with E-state index >= 15 is 0 Å². The van der Waals surface area contributed by atoms with Gasteiger partial charge in [0.25, 0.3) is 0 Å². The van der Waals surface area contributed by atoms with E-state index in [9.17, 15) is 0 Å². The SMILES string of the molecule is c1ccc(-c2ccc(N(c3ccc(-c4ccc(-c5ccc6c(-c7ccc8c(c7)c7ccccc7n8-c7ccccc7)ccc(-c7ccc8c(c7)c7ccccc7n8-c7ccccc7)c6c5)cc4)cc3)c3cccc4c3oc3c(-c5ccccc5)cc5ccccc5c34)cc2)cc1. The monoisotopic (exact) mass is 1220 g/mol. The summed E-state index contributed by atoms with van der Waals surface area (Å²) in [6.45, 7) is 0. The highest BCUT2D eigenvalue weighted by atomic mass is 16.3. The predicted molar refractivity (Wildman–Crippen MR) is 405 cm³/mol. The van der Waals surface area contributed by atoms with Crippen molar-refractivity contribution in [1.29, 1.82) is 0 Å². The summed E-state index contributed by atoms with van der Waals surface area (Å²) >= 11 is 0. The number of para-hydroxylation sites is 5. The lowest BCUT2D eigenvalue weighted by molar-refractivity contribution is 0.670. The van der Waals surface area contributed by atoms with Gasteiger partial charge in [0, 0.05) is 60.6 Å². The number of furan rings is 1. The average Bonchev–Trinajstić information content (AvgIpc) is 1.53. The lowest BCUT2D eigenvalue weighted by Gasteiger charge is -2.26. The van der Waals surface area contributed by atoms with E-state index in [1.807, 2.05) is 0 Å². The Morgan fingerprint density at radius 3 is 1.19 bits per heavy atom. The van der Waals surface area contributed by atoms with Crippen molar-refractivity contribution >= 4 is 104 Å². The largest absolute Gasteiger partial charge is 0.453 e. The summed E-state index contributed by atoms with van der Waals surface area (Å²) in [7, 11) is 0. The Balaban J connectivity index is 0.718. The second kappa shape index (κ2) is 22.5. The molecular weight excluding hydrogens is 1160 g/mol. The van der Waals surface area contributed by atoms with Crippen molar-refractivity contribution in [2.24, 2.45) is 0 Å². The number of fused-ring (bicyclic) bond motifs is 12. The standard InChI is InChI=1S/C92H59N3O/c1-5-20-60(21-6-1)62-40-47-72(48-41-62)93(89-35-19-32-80-90-76-29-14-13-24-67(76)57-81(92(90)96-91(80)89)65-22-7-2-8-23-65)73-49-42-63(43-50-73)61-36-38-64(39-37-61)66-44-51-77-74(68-45-54-87-83(58-68)78-30-15-17-33-85(78)94(87)70-25-9-3-10-26-70)52-53-75(82(77)56-66)69-46-55-88-84(59-69)79-31-16-18-34-86(79)95(88)71-27-11-4-12-28-71/h1-59H. The minimum absolute atomic E-state index is 0.836. The van der Waals surface area contributed by atoms with Crippen LogP contribution in [-0.2, 0) is 0 Å². The molecule has 0 fully saturated rings. The van der Waals surface area contributed by atoms with Crippen LogP contribution in [0.5, 0.6) is 0 Å². The van der Waals surface area contributed by atoms with Gasteiger partial charge in [-0.3, -0.25) is 0 Å². The van der Waals surface area contributed by atoms with Gasteiger partial charge in [0.1, 0.15) is 5.58 Å². The fourth-order valence-corrected chi connectivity index (χ4v) is 15.2. The van der Waals surface area contributed by atoms with Crippen molar-refractivity contribution in [2.75, 3.05) is 4.90 Å². The predicted octanol–water partition coefficient (Wildman–Crippen LogP) is 25.6. The van der Waals surface area contributed by atoms with Crippen LogP contribution in [0.4, 0.5) is 17.1 Å². The molecule has 19 aromatic rings. The second-order valence-electron chi connectivity index (χ2n) is 25.1. The maximum Gasteiger partial charge on any atom is 0.159 e. The number of aromatic nitrogens is 2. The van der Waals surface area contributed by atoms with E-state index in [2.05, 4.69) is 372 Å². The quantitative estimate of drug-likeness (QED) is 0.129. The second-order valence-corrected chi connectivity index (χ2v) is 25.1. The Morgan fingerprint density at radius 2 is 0.625 bits per heavy atom. The maximum atomic E-state index is 7.26. The van der Waals surface area contributed by atoms with Crippen LogP contribution in [0.15, 0.2) is 362 Å². The smallest absolute Gasteiger partial charge is 0.159 e. The van der Waals surface area contributed by atoms with Gasteiger partial charge in [0.05, 0.1) is 27.8 Å². The highest BCUT2D eigenvalue weighted by molar-refractivity contribution is 6.24. The lowest BCUT2D eigenvalue weighted by atomic mass is 9.89. The number of nitrogens with zero attached hydrogens (tertiary/aromatic N) is 3. The minimum atomic E-state index is 0.836. The Kier molecular flexibility index (Phi) is 12.9. The minimum Gasteiger partial charge on any atom is -0.453 e. The number of benzene rings is 16. The molecule has 19 rings (SSSR count). The summed E-state index contributed by atoms with van der Waals surface area (Å²) in [6.07, 6.45) is 0. The molecule has 3 aromatic heterocycles. The van der Waals surface area contributed by atoms with Crippen LogP contribution in [0, 0.1) is 0 Å². The van der Waals surface area contributed by atoms with Crippen LogP contribution in [-0.4, -0.2) is 9.13 Å². The topological polar surface area (TPSA) is 26.2 Å². The Bertz CT molecular complexity index is 6210. The molecule has 0 amide bonds. The van der Waals surface area contributed by atoms with Gasteiger partial charge >= 0.3 is 0 Å². The molecule has 3 heterocycles. The number of rotatable bonds is 11. The van der Waals surface area contributed by atoms with E-state index in [1.165, 1.54) is 93.0 Å². The van der Waals surface area contributed by atoms with Crippen LogP contribution >= 0.6 is 0 Å². The van der Waals surface area contributed by atoms with Crippen molar-refractivity contribution in [2.45, 2.75) is 0 Å². The Hall–Kier alpha value is -12.8. The molecule has 16 aromatic carbocycles. The van der Waals surface area contributed by atoms with Crippen LogP contribution in [0.3, 0.4) is 0 Å². The van der Waals surface area contributed by atoms with Gasteiger partial charge in [0.2, 0.25) is 0 Å². The van der Waals surface area contributed by atoms with Crippen LogP contribution in [0.2, 0.25) is 0 Å². The lowest BCUT2D eigenvalue weighted by Crippen LogP contribution is -2.10. The summed E-state index contributed by atoms with van der Waals surface area (Å²) in [5.74, 6) is 0.